The molecule has 0 amide bonds. The molecule has 250 valence electrons. The summed E-state index contributed by atoms with van der Waals surface area (Å²) in [6.45, 7) is 0. The Morgan fingerprint density at radius 3 is 1.58 bits per heavy atom. The first kappa shape index (κ1) is 30.9. The van der Waals surface area contributed by atoms with Gasteiger partial charge in [-0.3, -0.25) is 0 Å². The van der Waals surface area contributed by atoms with Gasteiger partial charge in [-0.15, -0.1) is 0 Å². The molecule has 1 aliphatic carbocycles. The predicted molar refractivity (Wildman–Crippen MR) is 218 cm³/mol. The van der Waals surface area contributed by atoms with E-state index in [-0.39, 0.29) is 6.04 Å². The van der Waals surface area contributed by atoms with Gasteiger partial charge in [-0.2, -0.15) is 0 Å². The minimum atomic E-state index is 0.204. The summed E-state index contributed by atoms with van der Waals surface area (Å²) in [6, 6.07) is 59.9. The Morgan fingerprint density at radius 1 is 0.377 bits per heavy atom. The van der Waals surface area contributed by atoms with Crippen molar-refractivity contribution in [2.75, 3.05) is 4.90 Å². The fourth-order valence-corrected chi connectivity index (χ4v) is 7.95. The zero-order chi connectivity index (χ0) is 35.1. The third kappa shape index (κ3) is 5.53. The van der Waals surface area contributed by atoms with Crippen LogP contribution in [-0.2, 0) is 0 Å². The Morgan fingerprint density at radius 2 is 0.906 bits per heavy atom. The zero-order valence-corrected chi connectivity index (χ0v) is 28.9. The maximum Gasteiger partial charge on any atom is 0.164 e. The number of nitrogens with zero attached hydrogens (tertiary/aromatic N) is 4. The van der Waals surface area contributed by atoms with Gasteiger partial charge in [-0.05, 0) is 63.5 Å². The van der Waals surface area contributed by atoms with Gasteiger partial charge >= 0.3 is 0 Å². The van der Waals surface area contributed by atoms with Gasteiger partial charge in [0.2, 0.25) is 0 Å². The minimum Gasteiger partial charge on any atom is -0.333 e. The molecule has 0 bridgehead atoms. The van der Waals surface area contributed by atoms with Gasteiger partial charge in [0.15, 0.2) is 17.5 Å². The van der Waals surface area contributed by atoms with Crippen molar-refractivity contribution in [2.45, 2.75) is 12.0 Å². The highest BCUT2D eigenvalue weighted by Gasteiger charge is 2.37. The van der Waals surface area contributed by atoms with Gasteiger partial charge in [-0.25, -0.2) is 15.0 Å². The summed E-state index contributed by atoms with van der Waals surface area (Å²) in [6.07, 6.45) is 8.99. The molecule has 2 aliphatic rings. The number of rotatable bonds is 6. The van der Waals surface area contributed by atoms with Crippen LogP contribution in [0.25, 0.3) is 67.2 Å². The molecular formula is C49H34N4. The van der Waals surface area contributed by atoms with E-state index >= 15 is 0 Å². The molecule has 0 spiro atoms. The van der Waals surface area contributed by atoms with Crippen LogP contribution in [0, 0.1) is 0 Å². The number of hydrogen-bond donors (Lipinski definition) is 0. The summed E-state index contributed by atoms with van der Waals surface area (Å²) in [5.41, 5.74) is 11.1. The molecule has 8 aromatic rings. The highest BCUT2D eigenvalue weighted by molar-refractivity contribution is 6.05. The predicted octanol–water partition coefficient (Wildman–Crippen LogP) is 12.1. The monoisotopic (exact) mass is 678 g/mol. The summed E-state index contributed by atoms with van der Waals surface area (Å²) >= 11 is 0. The Bertz CT molecular complexity index is 2600. The number of para-hydroxylation sites is 1. The largest absolute Gasteiger partial charge is 0.333 e. The van der Waals surface area contributed by atoms with Crippen LogP contribution in [0.1, 0.15) is 11.5 Å². The molecule has 2 unspecified atom stereocenters. The molecule has 1 aliphatic heterocycles. The van der Waals surface area contributed by atoms with Crippen LogP contribution >= 0.6 is 0 Å². The summed E-state index contributed by atoms with van der Waals surface area (Å²) in [5, 5.41) is 2.25. The number of hydrogen-bond acceptors (Lipinski definition) is 4. The Hall–Kier alpha value is -6.91. The van der Waals surface area contributed by atoms with Crippen molar-refractivity contribution in [1.29, 1.82) is 0 Å². The van der Waals surface area contributed by atoms with E-state index in [4.69, 9.17) is 15.0 Å². The number of benzene rings is 7. The van der Waals surface area contributed by atoms with E-state index in [1.165, 1.54) is 16.9 Å². The van der Waals surface area contributed by atoms with Crippen LogP contribution in [0.4, 0.5) is 11.4 Å². The van der Waals surface area contributed by atoms with Gasteiger partial charge in [0.05, 0.1) is 6.04 Å². The maximum atomic E-state index is 5.24. The number of aromatic nitrogens is 3. The van der Waals surface area contributed by atoms with Crippen molar-refractivity contribution in [2.24, 2.45) is 0 Å². The molecule has 53 heavy (non-hydrogen) atoms. The van der Waals surface area contributed by atoms with Gasteiger partial charge < -0.3 is 4.90 Å². The Labute approximate surface area is 309 Å². The average molecular weight is 679 g/mol. The van der Waals surface area contributed by atoms with Crippen LogP contribution < -0.4 is 4.90 Å². The number of fused-ring (bicyclic) bond motifs is 4. The molecule has 1 aromatic heterocycles. The number of allylic oxidation sites excluding steroid dienone is 2. The fraction of sp³-hybridized carbons (Fsp3) is 0.0408. The molecule has 0 N–H and O–H groups in total. The van der Waals surface area contributed by atoms with Gasteiger partial charge in [0, 0.05) is 39.4 Å². The standard InChI is InChI=1S/C49H34N4/c1-3-15-33(16-4-1)35-19-13-21-37(31-35)47-50-48(38-22-14-20-36(32-38)34-17-5-2-6-18-34)52-49(51-47)43-29-30-46(40-24-8-7-23-39(40)43)53-44-27-11-9-25-41(44)42-26-10-12-28-45(42)53/h1-32,41,44H. The van der Waals surface area contributed by atoms with Gasteiger partial charge in [0.25, 0.3) is 0 Å². The lowest BCUT2D eigenvalue weighted by Gasteiger charge is -2.30. The first-order valence-electron chi connectivity index (χ1n) is 18.1. The topological polar surface area (TPSA) is 41.9 Å². The molecule has 0 saturated heterocycles. The van der Waals surface area contributed by atoms with E-state index in [1.54, 1.807) is 0 Å². The SMILES string of the molecule is C1=CC2c3ccccc3N(c3ccc(-c4nc(-c5cccc(-c6ccccc6)c5)nc(-c5cccc(-c6ccccc6)c5)n4)c4ccccc34)C2C=C1. The van der Waals surface area contributed by atoms with E-state index in [2.05, 4.69) is 187 Å². The second-order valence-corrected chi connectivity index (χ2v) is 13.6. The molecule has 0 saturated carbocycles. The van der Waals surface area contributed by atoms with Crippen LogP contribution in [0.5, 0.6) is 0 Å². The molecule has 2 atom stereocenters. The second kappa shape index (κ2) is 13.0. The Balaban J connectivity index is 1.15. The quantitative estimate of drug-likeness (QED) is 0.176. The van der Waals surface area contributed by atoms with Gasteiger partial charge in [0.1, 0.15) is 0 Å². The van der Waals surface area contributed by atoms with E-state index in [0.29, 0.717) is 23.4 Å². The normalized spacial score (nSPS) is 15.7. The maximum absolute atomic E-state index is 5.24. The molecule has 10 rings (SSSR count). The van der Waals surface area contributed by atoms with E-state index in [1.807, 2.05) is 12.1 Å². The smallest absolute Gasteiger partial charge is 0.164 e. The van der Waals surface area contributed by atoms with Crippen molar-refractivity contribution in [3.63, 3.8) is 0 Å². The number of anilines is 2. The van der Waals surface area contributed by atoms with Crippen LogP contribution in [0.2, 0.25) is 0 Å². The third-order valence-corrected chi connectivity index (χ3v) is 10.5. The second-order valence-electron chi connectivity index (χ2n) is 13.6. The molecule has 4 nitrogen and oxygen atoms in total. The highest BCUT2D eigenvalue weighted by atomic mass is 15.2. The summed E-state index contributed by atoms with van der Waals surface area (Å²) in [7, 11) is 0. The van der Waals surface area contributed by atoms with Crippen LogP contribution in [-0.4, -0.2) is 21.0 Å². The summed E-state index contributed by atoms with van der Waals surface area (Å²) in [5.74, 6) is 2.22. The first-order chi connectivity index (χ1) is 26.3. The van der Waals surface area contributed by atoms with Gasteiger partial charge in [-0.1, -0.05) is 164 Å². The molecule has 2 heterocycles. The van der Waals surface area contributed by atoms with Crippen LogP contribution in [0.3, 0.4) is 0 Å². The van der Waals surface area contributed by atoms with Crippen LogP contribution in [0.15, 0.2) is 194 Å². The van der Waals surface area contributed by atoms with Crippen molar-refractivity contribution in [3.05, 3.63) is 200 Å². The lowest BCUT2D eigenvalue weighted by molar-refractivity contribution is 0.746. The minimum absolute atomic E-state index is 0.204. The molecule has 0 fully saturated rings. The van der Waals surface area contributed by atoms with Crippen molar-refractivity contribution >= 4 is 22.1 Å². The molecule has 0 radical (unpaired) electrons. The van der Waals surface area contributed by atoms with E-state index < -0.39 is 0 Å². The van der Waals surface area contributed by atoms with Crippen molar-refractivity contribution in [3.8, 4) is 56.4 Å². The van der Waals surface area contributed by atoms with E-state index in [0.717, 1.165) is 49.7 Å². The zero-order valence-electron chi connectivity index (χ0n) is 28.9. The lowest BCUT2D eigenvalue weighted by atomic mass is 9.91. The van der Waals surface area contributed by atoms with E-state index in [9.17, 15) is 0 Å². The molecule has 7 aromatic carbocycles. The molecular weight excluding hydrogens is 645 g/mol. The average Bonchev–Trinajstić information content (AvgIpc) is 3.58. The Kier molecular flexibility index (Phi) is 7.58. The highest BCUT2D eigenvalue weighted by Crippen LogP contribution is 2.49. The van der Waals surface area contributed by atoms with Crippen molar-refractivity contribution < 1.29 is 0 Å². The summed E-state index contributed by atoms with van der Waals surface area (Å²) < 4.78 is 0. The lowest BCUT2D eigenvalue weighted by Crippen LogP contribution is -2.28. The molecule has 4 heteroatoms. The summed E-state index contributed by atoms with van der Waals surface area (Å²) in [4.78, 5) is 18.1. The first-order valence-corrected chi connectivity index (χ1v) is 18.1. The van der Waals surface area contributed by atoms with Crippen molar-refractivity contribution in [1.82, 2.24) is 15.0 Å². The third-order valence-electron chi connectivity index (χ3n) is 10.5. The fourth-order valence-electron chi connectivity index (χ4n) is 7.95.